The maximum absolute atomic E-state index is 12.5. The Morgan fingerprint density at radius 3 is 2.47 bits per heavy atom. The van der Waals surface area contributed by atoms with Crippen molar-refractivity contribution in [2.24, 2.45) is 0 Å². The highest BCUT2D eigenvalue weighted by Crippen LogP contribution is 2.34. The zero-order valence-corrected chi connectivity index (χ0v) is 17.6. The third-order valence-electron chi connectivity index (χ3n) is 5.64. The minimum atomic E-state index is -1.30. The average molecular weight is 408 g/mol. The molecule has 1 aliphatic rings. The minimum absolute atomic E-state index is 0.348. The zero-order valence-electron chi connectivity index (χ0n) is 17.6. The first-order valence-corrected chi connectivity index (χ1v) is 10.5. The molecule has 30 heavy (non-hydrogen) atoms. The molecule has 1 heterocycles. The summed E-state index contributed by atoms with van der Waals surface area (Å²) in [6.07, 6.45) is 2.75. The molecule has 6 nitrogen and oxygen atoms in total. The Bertz CT molecular complexity index is 914. The molecule has 1 aliphatic heterocycles. The molecule has 0 saturated carbocycles. The second-order valence-corrected chi connectivity index (χ2v) is 7.66. The number of rotatable bonds is 9. The molecule has 2 aromatic rings. The van der Waals surface area contributed by atoms with E-state index in [4.69, 9.17) is 10.00 Å². The van der Waals surface area contributed by atoms with Gasteiger partial charge < -0.3 is 15.2 Å². The van der Waals surface area contributed by atoms with Gasteiger partial charge in [0.25, 0.3) is 0 Å². The second-order valence-electron chi connectivity index (χ2n) is 7.66. The molecule has 0 spiro atoms. The van der Waals surface area contributed by atoms with Crippen LogP contribution in [0.2, 0.25) is 0 Å². The fraction of sp³-hybridized carbons (Fsp3) is 0.417. The average Bonchev–Trinajstić information content (AvgIpc) is 3.25. The summed E-state index contributed by atoms with van der Waals surface area (Å²) in [7, 11) is 0. The molecule has 158 valence electrons. The standard InChI is InChI=1S/C24H29N3O3/c1-3-24(23(28)29,26-21-9-7-18(16-25)8-10-21)20-13-19(14-22(15-20)30-4-2)17-27-11-5-6-12-27/h7-10,13-15,26H,3-6,11-12,17H2,1-2H3,(H,28,29). The number of nitriles is 1. The first-order chi connectivity index (χ1) is 14.5. The molecule has 1 atom stereocenters. The lowest BCUT2D eigenvalue weighted by atomic mass is 9.85. The molecular weight excluding hydrogens is 378 g/mol. The lowest BCUT2D eigenvalue weighted by Crippen LogP contribution is -2.43. The van der Waals surface area contributed by atoms with Gasteiger partial charge in [0.1, 0.15) is 5.75 Å². The van der Waals surface area contributed by atoms with Gasteiger partial charge in [-0.1, -0.05) is 13.0 Å². The Labute approximate surface area is 178 Å². The van der Waals surface area contributed by atoms with Crippen molar-refractivity contribution in [3.63, 3.8) is 0 Å². The third-order valence-corrected chi connectivity index (χ3v) is 5.64. The van der Waals surface area contributed by atoms with Gasteiger partial charge in [-0.15, -0.1) is 0 Å². The molecule has 0 aliphatic carbocycles. The topological polar surface area (TPSA) is 85.6 Å². The number of carboxylic acids is 1. The van der Waals surface area contributed by atoms with Crippen LogP contribution in [0.4, 0.5) is 5.69 Å². The quantitative estimate of drug-likeness (QED) is 0.643. The van der Waals surface area contributed by atoms with Crippen LogP contribution in [0.25, 0.3) is 0 Å². The molecule has 2 aromatic carbocycles. The SMILES string of the molecule is CCOc1cc(CN2CCCC2)cc(C(CC)(Nc2ccc(C#N)cc2)C(=O)O)c1. The predicted molar refractivity (Wildman–Crippen MR) is 117 cm³/mol. The minimum Gasteiger partial charge on any atom is -0.494 e. The van der Waals surface area contributed by atoms with Gasteiger partial charge in [0, 0.05) is 12.2 Å². The van der Waals surface area contributed by atoms with Crippen molar-refractivity contribution in [3.8, 4) is 11.8 Å². The van der Waals surface area contributed by atoms with Crippen LogP contribution in [0.15, 0.2) is 42.5 Å². The predicted octanol–water partition coefficient (Wildman–Crippen LogP) is 4.35. The van der Waals surface area contributed by atoms with E-state index in [-0.39, 0.29) is 0 Å². The lowest BCUT2D eigenvalue weighted by molar-refractivity contribution is -0.142. The molecule has 0 radical (unpaired) electrons. The van der Waals surface area contributed by atoms with E-state index < -0.39 is 11.5 Å². The van der Waals surface area contributed by atoms with Crippen molar-refractivity contribution >= 4 is 11.7 Å². The van der Waals surface area contributed by atoms with E-state index in [0.717, 1.165) is 25.2 Å². The number of benzene rings is 2. The van der Waals surface area contributed by atoms with Gasteiger partial charge in [0.05, 0.1) is 18.2 Å². The molecule has 0 aromatic heterocycles. The van der Waals surface area contributed by atoms with E-state index in [1.54, 1.807) is 24.3 Å². The number of nitrogens with zero attached hydrogens (tertiary/aromatic N) is 2. The highest BCUT2D eigenvalue weighted by molar-refractivity contribution is 5.85. The Hall–Kier alpha value is -3.04. The Balaban J connectivity index is 2.01. The molecule has 2 N–H and O–H groups in total. The molecule has 0 bridgehead atoms. The number of hydrogen-bond donors (Lipinski definition) is 2. The normalized spacial score (nSPS) is 15.9. The summed E-state index contributed by atoms with van der Waals surface area (Å²) in [6.45, 7) is 7.21. The van der Waals surface area contributed by atoms with Crippen LogP contribution in [0, 0.1) is 11.3 Å². The zero-order chi connectivity index (χ0) is 21.6. The number of carbonyl (C=O) groups is 1. The molecule has 1 fully saturated rings. The number of carboxylic acid groups (broad SMARTS) is 1. The van der Waals surface area contributed by atoms with Crippen LogP contribution in [0.3, 0.4) is 0 Å². The summed E-state index contributed by atoms with van der Waals surface area (Å²) >= 11 is 0. The van der Waals surface area contributed by atoms with Gasteiger partial charge in [0.15, 0.2) is 5.54 Å². The van der Waals surface area contributed by atoms with Gasteiger partial charge in [-0.05, 0) is 86.8 Å². The van der Waals surface area contributed by atoms with Crippen LogP contribution in [0.1, 0.15) is 49.8 Å². The van der Waals surface area contributed by atoms with Crippen LogP contribution >= 0.6 is 0 Å². The number of ether oxygens (including phenoxy) is 1. The number of aliphatic carboxylic acids is 1. The van der Waals surface area contributed by atoms with Crippen LogP contribution in [-0.4, -0.2) is 35.7 Å². The third kappa shape index (κ3) is 4.74. The number of anilines is 1. The van der Waals surface area contributed by atoms with Crippen molar-refractivity contribution in [2.75, 3.05) is 25.0 Å². The Morgan fingerprint density at radius 1 is 1.20 bits per heavy atom. The molecular formula is C24H29N3O3. The van der Waals surface area contributed by atoms with E-state index in [2.05, 4.69) is 16.3 Å². The first-order valence-electron chi connectivity index (χ1n) is 10.5. The smallest absolute Gasteiger partial charge is 0.334 e. The van der Waals surface area contributed by atoms with E-state index in [9.17, 15) is 9.90 Å². The van der Waals surface area contributed by atoms with Crippen molar-refractivity contribution in [3.05, 3.63) is 59.2 Å². The van der Waals surface area contributed by atoms with Gasteiger partial charge in [-0.25, -0.2) is 4.79 Å². The fourth-order valence-electron chi connectivity index (χ4n) is 4.01. The highest BCUT2D eigenvalue weighted by Gasteiger charge is 2.39. The van der Waals surface area contributed by atoms with E-state index in [1.165, 1.54) is 12.8 Å². The summed E-state index contributed by atoms with van der Waals surface area (Å²) < 4.78 is 5.78. The maximum Gasteiger partial charge on any atom is 0.334 e. The number of nitrogens with one attached hydrogen (secondary N) is 1. The van der Waals surface area contributed by atoms with Gasteiger partial charge in [-0.3, -0.25) is 4.90 Å². The van der Waals surface area contributed by atoms with Crippen LogP contribution in [-0.2, 0) is 16.9 Å². The summed E-state index contributed by atoms with van der Waals surface area (Å²) in [5, 5.41) is 22.5. The van der Waals surface area contributed by atoms with Gasteiger partial charge >= 0.3 is 5.97 Å². The van der Waals surface area contributed by atoms with Crippen molar-refractivity contribution in [1.82, 2.24) is 4.90 Å². The Kier molecular flexibility index (Phi) is 6.96. The number of hydrogen-bond acceptors (Lipinski definition) is 5. The molecule has 1 unspecified atom stereocenters. The molecule has 1 saturated heterocycles. The van der Waals surface area contributed by atoms with E-state index in [1.807, 2.05) is 32.0 Å². The van der Waals surface area contributed by atoms with Crippen molar-refractivity contribution in [1.29, 1.82) is 5.26 Å². The summed E-state index contributed by atoms with van der Waals surface area (Å²) in [5.74, 6) is -0.264. The van der Waals surface area contributed by atoms with Gasteiger partial charge in [0.2, 0.25) is 0 Å². The Morgan fingerprint density at radius 2 is 1.90 bits per heavy atom. The summed E-state index contributed by atoms with van der Waals surface area (Å²) in [6, 6.07) is 14.7. The van der Waals surface area contributed by atoms with Crippen molar-refractivity contribution < 1.29 is 14.6 Å². The lowest BCUT2D eigenvalue weighted by Gasteiger charge is -2.32. The second kappa shape index (κ2) is 9.64. The molecule has 6 heteroatoms. The highest BCUT2D eigenvalue weighted by atomic mass is 16.5. The first kappa shape index (κ1) is 21.7. The fourth-order valence-corrected chi connectivity index (χ4v) is 4.01. The molecule has 3 rings (SSSR count). The summed E-state index contributed by atoms with van der Waals surface area (Å²) in [4.78, 5) is 14.9. The largest absolute Gasteiger partial charge is 0.494 e. The van der Waals surface area contributed by atoms with E-state index in [0.29, 0.717) is 35.6 Å². The molecule has 0 amide bonds. The van der Waals surface area contributed by atoms with E-state index >= 15 is 0 Å². The van der Waals surface area contributed by atoms with Crippen LogP contribution in [0.5, 0.6) is 5.75 Å². The summed E-state index contributed by atoms with van der Waals surface area (Å²) in [5.41, 5.74) is 1.60. The van der Waals surface area contributed by atoms with Gasteiger partial charge in [-0.2, -0.15) is 5.26 Å². The number of likely N-dealkylation sites (tertiary alicyclic amines) is 1. The maximum atomic E-state index is 12.5. The van der Waals surface area contributed by atoms with Crippen molar-refractivity contribution in [2.45, 2.75) is 45.2 Å². The monoisotopic (exact) mass is 407 g/mol. The van der Waals surface area contributed by atoms with Crippen LogP contribution < -0.4 is 10.1 Å².